The third-order valence-corrected chi connectivity index (χ3v) is 3.98. The highest BCUT2D eigenvalue weighted by molar-refractivity contribution is 4.69. The molecule has 16 heavy (non-hydrogen) atoms. The minimum atomic E-state index is -1.14. The van der Waals surface area contributed by atoms with Crippen LogP contribution in [0.5, 0.6) is 0 Å². The van der Waals surface area contributed by atoms with Crippen LogP contribution in [-0.2, 0) is 0 Å². The van der Waals surface area contributed by atoms with Crippen molar-refractivity contribution in [3.8, 4) is 0 Å². The molecule has 2 nitrogen and oxygen atoms in total. The van der Waals surface area contributed by atoms with Crippen molar-refractivity contribution in [3.05, 3.63) is 0 Å². The van der Waals surface area contributed by atoms with Gasteiger partial charge in [0, 0.05) is 5.92 Å². The Morgan fingerprint density at radius 3 is 1.50 bits per heavy atom. The zero-order valence-corrected chi connectivity index (χ0v) is 11.4. The van der Waals surface area contributed by atoms with Gasteiger partial charge in [0.1, 0.15) is 0 Å². The number of aliphatic hydroxyl groups excluding tert-OH is 1. The van der Waals surface area contributed by atoms with Crippen LogP contribution in [0.4, 0.5) is 0 Å². The average Bonchev–Trinajstić information content (AvgIpc) is 2.29. The van der Waals surface area contributed by atoms with Gasteiger partial charge in [-0.1, -0.05) is 47.0 Å². The third-order valence-electron chi connectivity index (χ3n) is 3.98. The van der Waals surface area contributed by atoms with Crippen LogP contribution in [0.1, 0.15) is 66.2 Å². The van der Waals surface area contributed by atoms with Crippen molar-refractivity contribution in [2.24, 2.45) is 17.8 Å². The summed E-state index contributed by atoms with van der Waals surface area (Å²) in [7, 11) is 0. The minimum absolute atomic E-state index is 0.0549. The fraction of sp³-hybridized carbons (Fsp3) is 1.00. The van der Waals surface area contributed by atoms with E-state index in [-0.39, 0.29) is 5.92 Å². The van der Waals surface area contributed by atoms with Gasteiger partial charge in [-0.15, -0.1) is 0 Å². The molecule has 2 N–H and O–H groups in total. The van der Waals surface area contributed by atoms with E-state index in [1.165, 1.54) is 19.3 Å². The van der Waals surface area contributed by atoms with E-state index in [1.54, 1.807) is 0 Å². The first kappa shape index (κ1) is 15.9. The highest BCUT2D eigenvalue weighted by Crippen LogP contribution is 2.28. The minimum Gasteiger partial charge on any atom is -0.368 e. The standard InChI is InChI=1S/C14H30O2/c1-5-11(6-2)9-12(7-3)10-13(8-4)14(15)16/h11-16H,5-10H2,1-4H3. The Morgan fingerprint density at radius 1 is 0.688 bits per heavy atom. The molecule has 0 heterocycles. The van der Waals surface area contributed by atoms with E-state index in [0.717, 1.165) is 25.2 Å². The zero-order chi connectivity index (χ0) is 12.6. The van der Waals surface area contributed by atoms with Crippen molar-refractivity contribution in [2.45, 2.75) is 72.5 Å². The van der Waals surface area contributed by atoms with Gasteiger partial charge < -0.3 is 10.2 Å². The van der Waals surface area contributed by atoms with Crippen LogP contribution in [-0.4, -0.2) is 16.5 Å². The Labute approximate surface area is 101 Å². The van der Waals surface area contributed by atoms with Crippen molar-refractivity contribution < 1.29 is 10.2 Å². The predicted octanol–water partition coefficient (Wildman–Crippen LogP) is 3.57. The van der Waals surface area contributed by atoms with E-state index in [1.807, 2.05) is 6.92 Å². The monoisotopic (exact) mass is 230 g/mol. The molecule has 0 bridgehead atoms. The van der Waals surface area contributed by atoms with Gasteiger partial charge in [0.05, 0.1) is 0 Å². The molecule has 0 aromatic heterocycles. The molecular weight excluding hydrogens is 200 g/mol. The van der Waals surface area contributed by atoms with Gasteiger partial charge in [0.15, 0.2) is 6.29 Å². The zero-order valence-electron chi connectivity index (χ0n) is 11.4. The molecule has 0 fully saturated rings. The van der Waals surface area contributed by atoms with Crippen molar-refractivity contribution in [3.63, 3.8) is 0 Å². The lowest BCUT2D eigenvalue weighted by atomic mass is 9.82. The summed E-state index contributed by atoms with van der Waals surface area (Å²) in [6.45, 7) is 8.75. The molecule has 0 aliphatic heterocycles. The predicted molar refractivity (Wildman–Crippen MR) is 69.1 cm³/mol. The van der Waals surface area contributed by atoms with Crippen LogP contribution in [0, 0.1) is 17.8 Å². The van der Waals surface area contributed by atoms with E-state index in [0.29, 0.717) is 5.92 Å². The van der Waals surface area contributed by atoms with Gasteiger partial charge >= 0.3 is 0 Å². The summed E-state index contributed by atoms with van der Waals surface area (Å²) in [6, 6.07) is 0. The maximum absolute atomic E-state index is 9.26. The Bertz CT molecular complexity index is 153. The fourth-order valence-electron chi connectivity index (χ4n) is 2.45. The number of hydrogen-bond donors (Lipinski definition) is 2. The summed E-state index contributed by atoms with van der Waals surface area (Å²) < 4.78 is 0. The summed E-state index contributed by atoms with van der Waals surface area (Å²) in [5.74, 6) is 1.51. The summed E-state index contributed by atoms with van der Waals surface area (Å²) in [4.78, 5) is 0. The molecule has 0 aliphatic rings. The van der Waals surface area contributed by atoms with Crippen LogP contribution in [0.25, 0.3) is 0 Å². The van der Waals surface area contributed by atoms with E-state index in [9.17, 15) is 10.2 Å². The largest absolute Gasteiger partial charge is 0.368 e. The molecule has 0 saturated heterocycles. The van der Waals surface area contributed by atoms with Crippen molar-refractivity contribution in [1.82, 2.24) is 0 Å². The van der Waals surface area contributed by atoms with Crippen molar-refractivity contribution >= 4 is 0 Å². The molecule has 2 unspecified atom stereocenters. The van der Waals surface area contributed by atoms with E-state index in [4.69, 9.17) is 0 Å². The maximum atomic E-state index is 9.26. The molecule has 2 atom stereocenters. The van der Waals surface area contributed by atoms with Crippen LogP contribution in [0.3, 0.4) is 0 Å². The summed E-state index contributed by atoms with van der Waals surface area (Å²) in [5.41, 5.74) is 0. The molecule has 0 saturated carbocycles. The SMILES string of the molecule is CCC(CC)CC(CC)CC(CC)C(O)O. The molecule has 0 amide bonds. The quantitative estimate of drug-likeness (QED) is 0.595. The summed E-state index contributed by atoms with van der Waals surface area (Å²) >= 11 is 0. The molecular formula is C14H30O2. The number of hydrogen-bond acceptors (Lipinski definition) is 2. The van der Waals surface area contributed by atoms with Gasteiger partial charge in [0.2, 0.25) is 0 Å². The molecule has 0 spiro atoms. The second-order valence-electron chi connectivity index (χ2n) is 5.01. The molecule has 0 aromatic rings. The Hall–Kier alpha value is -0.0800. The molecule has 0 rings (SSSR count). The lowest BCUT2D eigenvalue weighted by Crippen LogP contribution is -2.22. The fourth-order valence-corrected chi connectivity index (χ4v) is 2.45. The third kappa shape index (κ3) is 5.86. The molecule has 0 radical (unpaired) electrons. The summed E-state index contributed by atoms with van der Waals surface area (Å²) in [6.07, 6.45) is 5.56. The van der Waals surface area contributed by atoms with Crippen LogP contribution in [0.2, 0.25) is 0 Å². The van der Waals surface area contributed by atoms with Gasteiger partial charge in [-0.3, -0.25) is 0 Å². The lowest BCUT2D eigenvalue weighted by molar-refractivity contribution is -0.0912. The van der Waals surface area contributed by atoms with Crippen LogP contribution in [0.15, 0.2) is 0 Å². The van der Waals surface area contributed by atoms with Crippen molar-refractivity contribution in [1.29, 1.82) is 0 Å². The maximum Gasteiger partial charge on any atom is 0.154 e. The molecule has 2 heteroatoms. The lowest BCUT2D eigenvalue weighted by Gasteiger charge is -2.26. The first-order chi connectivity index (χ1) is 7.58. The highest BCUT2D eigenvalue weighted by atomic mass is 16.5. The van der Waals surface area contributed by atoms with Crippen molar-refractivity contribution in [2.75, 3.05) is 0 Å². The molecule has 0 aromatic carbocycles. The van der Waals surface area contributed by atoms with Gasteiger partial charge in [-0.2, -0.15) is 0 Å². The number of aliphatic hydroxyl groups is 2. The number of rotatable bonds is 9. The molecule has 0 aliphatic carbocycles. The topological polar surface area (TPSA) is 40.5 Å². The summed E-state index contributed by atoms with van der Waals surface area (Å²) in [5, 5.41) is 18.5. The Morgan fingerprint density at radius 2 is 1.19 bits per heavy atom. The van der Waals surface area contributed by atoms with Crippen LogP contribution < -0.4 is 0 Å². The second-order valence-corrected chi connectivity index (χ2v) is 5.01. The van der Waals surface area contributed by atoms with Gasteiger partial charge in [0.25, 0.3) is 0 Å². The van der Waals surface area contributed by atoms with Gasteiger partial charge in [-0.25, -0.2) is 0 Å². The smallest absolute Gasteiger partial charge is 0.154 e. The normalized spacial score (nSPS) is 15.8. The van der Waals surface area contributed by atoms with E-state index < -0.39 is 6.29 Å². The van der Waals surface area contributed by atoms with Gasteiger partial charge in [-0.05, 0) is 31.1 Å². The first-order valence-corrected chi connectivity index (χ1v) is 6.94. The Balaban J connectivity index is 4.16. The van der Waals surface area contributed by atoms with Crippen LogP contribution >= 0.6 is 0 Å². The van der Waals surface area contributed by atoms with E-state index >= 15 is 0 Å². The van der Waals surface area contributed by atoms with E-state index in [2.05, 4.69) is 20.8 Å². The Kier molecular flexibility index (Phi) is 8.96. The highest BCUT2D eigenvalue weighted by Gasteiger charge is 2.21. The molecule has 98 valence electrons. The second kappa shape index (κ2) is 9.00. The average molecular weight is 230 g/mol. The first-order valence-electron chi connectivity index (χ1n) is 6.94.